The van der Waals surface area contributed by atoms with Crippen molar-refractivity contribution < 1.29 is 0 Å². The summed E-state index contributed by atoms with van der Waals surface area (Å²) in [6, 6.07) is 0. The molecule has 1 nitrogen and oxygen atoms in total. The second-order valence-corrected chi connectivity index (χ2v) is 5.51. The van der Waals surface area contributed by atoms with E-state index in [1.165, 1.54) is 15.6 Å². The monoisotopic (exact) mass is 233 g/mol. The van der Waals surface area contributed by atoms with E-state index in [4.69, 9.17) is 0 Å². The Labute approximate surface area is 93.8 Å². The van der Waals surface area contributed by atoms with Crippen molar-refractivity contribution in [3.05, 3.63) is 15.6 Å². The maximum Gasteiger partial charge on any atom is 0.103 e. The Hall–Kier alpha value is 0.330. The molecule has 0 amide bonds. The molecule has 1 aromatic heterocycles. The van der Waals surface area contributed by atoms with Crippen molar-refractivity contribution in [2.45, 2.75) is 31.3 Å². The molecule has 0 fully saturated rings. The largest absolute Gasteiger partial charge is 0.245 e. The summed E-state index contributed by atoms with van der Waals surface area (Å²) in [5, 5.41) is 1.24. The molecule has 4 heteroatoms. The highest BCUT2D eigenvalue weighted by Crippen LogP contribution is 2.28. The predicted molar refractivity (Wildman–Crippen MR) is 66.1 cm³/mol. The summed E-state index contributed by atoms with van der Waals surface area (Å²) in [5.41, 5.74) is 1.24. The van der Waals surface area contributed by atoms with Gasteiger partial charge in [0, 0.05) is 16.4 Å². The molecule has 0 aliphatic heterocycles. The summed E-state index contributed by atoms with van der Waals surface area (Å²) in [4.78, 5) is 5.95. The van der Waals surface area contributed by atoms with Crippen molar-refractivity contribution in [1.29, 1.82) is 0 Å². The summed E-state index contributed by atoms with van der Waals surface area (Å²) in [6.07, 6.45) is 2.11. The van der Waals surface area contributed by atoms with E-state index < -0.39 is 0 Å². The lowest BCUT2D eigenvalue weighted by atomic mass is 10.1. The minimum absolute atomic E-state index is 0.522. The zero-order valence-electron chi connectivity index (χ0n) is 8.20. The zero-order chi connectivity index (χ0) is 9.84. The molecule has 0 N–H and O–H groups in total. The standard InChI is InChI=1S/C9H15NS3/c1-6(2)9-7(4-11)13-8(10-9)5-12-3/h6,11H,4-5H2,1-3H3. The van der Waals surface area contributed by atoms with E-state index in [0.29, 0.717) is 5.92 Å². The molecule has 0 saturated heterocycles. The van der Waals surface area contributed by atoms with Crippen LogP contribution < -0.4 is 0 Å². The Kier molecular flexibility index (Phi) is 4.62. The van der Waals surface area contributed by atoms with Crippen LogP contribution in [0.1, 0.15) is 35.3 Å². The van der Waals surface area contributed by atoms with Gasteiger partial charge >= 0.3 is 0 Å². The third-order valence-electron chi connectivity index (χ3n) is 1.73. The minimum atomic E-state index is 0.522. The fraction of sp³-hybridized carbons (Fsp3) is 0.667. The van der Waals surface area contributed by atoms with E-state index in [9.17, 15) is 0 Å². The van der Waals surface area contributed by atoms with Crippen LogP contribution in [0.5, 0.6) is 0 Å². The van der Waals surface area contributed by atoms with Crippen LogP contribution in [0.2, 0.25) is 0 Å². The van der Waals surface area contributed by atoms with Crippen molar-refractivity contribution in [3.63, 3.8) is 0 Å². The van der Waals surface area contributed by atoms with E-state index in [-0.39, 0.29) is 0 Å². The normalized spacial score (nSPS) is 11.2. The summed E-state index contributed by atoms with van der Waals surface area (Å²) < 4.78 is 0. The van der Waals surface area contributed by atoms with Gasteiger partial charge in [-0.1, -0.05) is 13.8 Å². The zero-order valence-corrected chi connectivity index (χ0v) is 10.7. The maximum atomic E-state index is 4.62. The molecule has 0 saturated carbocycles. The topological polar surface area (TPSA) is 12.9 Å². The van der Waals surface area contributed by atoms with Crippen LogP contribution in [0.3, 0.4) is 0 Å². The highest BCUT2D eigenvalue weighted by Gasteiger charge is 2.12. The van der Waals surface area contributed by atoms with E-state index in [2.05, 4.69) is 37.7 Å². The average Bonchev–Trinajstić information content (AvgIpc) is 2.48. The summed E-state index contributed by atoms with van der Waals surface area (Å²) in [7, 11) is 0. The van der Waals surface area contributed by atoms with Crippen LogP contribution in [-0.4, -0.2) is 11.2 Å². The van der Waals surface area contributed by atoms with Gasteiger partial charge in [0.25, 0.3) is 0 Å². The number of thiazole rings is 1. The first-order chi connectivity index (χ1) is 6.19. The molecule has 0 unspecified atom stereocenters. The van der Waals surface area contributed by atoms with Gasteiger partial charge in [-0.25, -0.2) is 4.98 Å². The van der Waals surface area contributed by atoms with Crippen LogP contribution in [0, 0.1) is 0 Å². The molecule has 0 bridgehead atoms. The molecular formula is C9H15NS3. The van der Waals surface area contributed by atoms with Crippen LogP contribution in [0.4, 0.5) is 0 Å². The molecule has 0 radical (unpaired) electrons. The van der Waals surface area contributed by atoms with Gasteiger partial charge in [-0.05, 0) is 12.2 Å². The Bertz CT molecular complexity index is 268. The van der Waals surface area contributed by atoms with Crippen LogP contribution >= 0.6 is 35.7 Å². The Balaban J connectivity index is 2.90. The molecule has 0 aliphatic carbocycles. The third kappa shape index (κ3) is 2.89. The van der Waals surface area contributed by atoms with Crippen molar-refractivity contribution >= 4 is 35.7 Å². The number of hydrogen-bond donors (Lipinski definition) is 1. The molecule has 0 aliphatic rings. The molecule has 0 aromatic carbocycles. The van der Waals surface area contributed by atoms with Crippen LogP contribution in [0.15, 0.2) is 0 Å². The highest BCUT2D eigenvalue weighted by atomic mass is 32.2. The predicted octanol–water partition coefficient (Wildman–Crippen LogP) is 3.56. The first kappa shape index (κ1) is 11.4. The summed E-state index contributed by atoms with van der Waals surface area (Å²) in [6.45, 7) is 4.37. The second-order valence-electron chi connectivity index (χ2n) is 3.16. The quantitative estimate of drug-likeness (QED) is 0.799. The molecule has 0 spiro atoms. The van der Waals surface area contributed by atoms with Crippen molar-refractivity contribution in [1.82, 2.24) is 4.98 Å². The lowest BCUT2D eigenvalue weighted by molar-refractivity contribution is 0.819. The van der Waals surface area contributed by atoms with Crippen LogP contribution in [-0.2, 0) is 11.5 Å². The van der Waals surface area contributed by atoms with Crippen molar-refractivity contribution in [2.75, 3.05) is 6.26 Å². The number of hydrogen-bond acceptors (Lipinski definition) is 4. The fourth-order valence-corrected chi connectivity index (χ4v) is 3.30. The number of rotatable bonds is 4. The van der Waals surface area contributed by atoms with E-state index in [0.717, 1.165) is 11.5 Å². The molecular weight excluding hydrogens is 218 g/mol. The van der Waals surface area contributed by atoms with Gasteiger partial charge in [0.15, 0.2) is 0 Å². The SMILES string of the molecule is CSCc1nc(C(C)C)c(CS)s1. The molecule has 74 valence electrons. The minimum Gasteiger partial charge on any atom is -0.245 e. The first-order valence-corrected chi connectivity index (χ1v) is 7.11. The van der Waals surface area contributed by atoms with Gasteiger partial charge in [-0.3, -0.25) is 0 Å². The van der Waals surface area contributed by atoms with Gasteiger partial charge in [0.1, 0.15) is 5.01 Å². The Morgan fingerprint density at radius 2 is 2.23 bits per heavy atom. The third-order valence-corrected chi connectivity index (χ3v) is 4.08. The van der Waals surface area contributed by atoms with E-state index in [1.807, 2.05) is 11.8 Å². The molecule has 1 heterocycles. The van der Waals surface area contributed by atoms with E-state index >= 15 is 0 Å². The average molecular weight is 233 g/mol. The number of aromatic nitrogens is 1. The fourth-order valence-electron chi connectivity index (χ4n) is 1.16. The summed E-state index contributed by atoms with van der Waals surface area (Å²) >= 11 is 7.95. The van der Waals surface area contributed by atoms with Gasteiger partial charge in [0.2, 0.25) is 0 Å². The smallest absolute Gasteiger partial charge is 0.103 e. The van der Waals surface area contributed by atoms with Gasteiger partial charge in [-0.15, -0.1) is 11.3 Å². The van der Waals surface area contributed by atoms with Gasteiger partial charge in [-0.2, -0.15) is 24.4 Å². The molecule has 1 rings (SSSR count). The van der Waals surface area contributed by atoms with Gasteiger partial charge < -0.3 is 0 Å². The Morgan fingerprint density at radius 3 is 2.62 bits per heavy atom. The number of nitrogens with zero attached hydrogens (tertiary/aromatic N) is 1. The lowest BCUT2D eigenvalue weighted by Gasteiger charge is -2.01. The van der Waals surface area contributed by atoms with Crippen molar-refractivity contribution in [3.8, 4) is 0 Å². The maximum absolute atomic E-state index is 4.62. The lowest BCUT2D eigenvalue weighted by Crippen LogP contribution is -1.91. The van der Waals surface area contributed by atoms with Gasteiger partial charge in [0.05, 0.1) is 5.69 Å². The Morgan fingerprint density at radius 1 is 1.54 bits per heavy atom. The highest BCUT2D eigenvalue weighted by molar-refractivity contribution is 7.97. The number of thiol groups is 1. The molecule has 0 atom stereocenters. The number of thioether (sulfide) groups is 1. The van der Waals surface area contributed by atoms with Crippen molar-refractivity contribution in [2.24, 2.45) is 0 Å². The first-order valence-electron chi connectivity index (χ1n) is 4.27. The van der Waals surface area contributed by atoms with Crippen LogP contribution in [0.25, 0.3) is 0 Å². The second kappa shape index (κ2) is 5.27. The molecule has 1 aromatic rings. The summed E-state index contributed by atoms with van der Waals surface area (Å²) in [5.74, 6) is 2.37. The molecule has 13 heavy (non-hydrogen) atoms. The van der Waals surface area contributed by atoms with E-state index in [1.54, 1.807) is 11.3 Å².